The average molecular weight is 310 g/mol. The molecule has 0 radical (unpaired) electrons. The van der Waals surface area contributed by atoms with Crippen LogP contribution in [-0.2, 0) is 0 Å². The third-order valence-electron chi connectivity index (χ3n) is 3.62. The highest BCUT2D eigenvalue weighted by atomic mass is 16.6. The molecule has 23 heavy (non-hydrogen) atoms. The molecular weight excluding hydrogens is 296 g/mol. The van der Waals surface area contributed by atoms with Gasteiger partial charge in [-0.05, 0) is 35.7 Å². The third-order valence-corrected chi connectivity index (χ3v) is 3.62. The molecule has 0 amide bonds. The van der Waals surface area contributed by atoms with Crippen molar-refractivity contribution in [2.45, 2.75) is 0 Å². The quantitative estimate of drug-likeness (QED) is 0.541. The number of methoxy groups -OCH3 is 2. The number of benzene rings is 2. The molecule has 0 spiro atoms. The molecule has 6 nitrogen and oxygen atoms in total. The molecule has 1 aromatic heterocycles. The second-order valence-electron chi connectivity index (χ2n) is 4.89. The lowest BCUT2D eigenvalue weighted by Crippen LogP contribution is -1.93. The van der Waals surface area contributed by atoms with Crippen molar-refractivity contribution in [3.05, 3.63) is 58.8 Å². The number of nitro groups is 1. The van der Waals surface area contributed by atoms with Crippen molar-refractivity contribution in [3.63, 3.8) is 0 Å². The number of aromatic nitrogens is 1. The molecule has 3 rings (SSSR count). The van der Waals surface area contributed by atoms with Crippen LogP contribution in [0.2, 0.25) is 0 Å². The molecule has 0 unspecified atom stereocenters. The maximum absolute atomic E-state index is 10.8. The van der Waals surface area contributed by atoms with E-state index in [1.54, 1.807) is 32.5 Å². The first kappa shape index (κ1) is 14.8. The SMILES string of the molecule is COc1cc2ccnc(-c3ccc([N+](=O)[O-])cc3)c2cc1OC. The summed E-state index contributed by atoms with van der Waals surface area (Å²) < 4.78 is 10.7. The Balaban J connectivity index is 2.19. The first-order valence-corrected chi connectivity index (χ1v) is 6.89. The van der Waals surface area contributed by atoms with Gasteiger partial charge in [-0.3, -0.25) is 15.1 Å². The maximum atomic E-state index is 10.8. The zero-order valence-corrected chi connectivity index (χ0v) is 12.6. The highest BCUT2D eigenvalue weighted by molar-refractivity contribution is 5.96. The number of ether oxygens (including phenoxy) is 2. The van der Waals surface area contributed by atoms with E-state index in [0.29, 0.717) is 11.5 Å². The van der Waals surface area contributed by atoms with Crippen molar-refractivity contribution in [3.8, 4) is 22.8 Å². The number of hydrogen-bond acceptors (Lipinski definition) is 5. The van der Waals surface area contributed by atoms with Gasteiger partial charge in [0, 0.05) is 29.3 Å². The monoisotopic (exact) mass is 310 g/mol. The Morgan fingerprint density at radius 2 is 1.65 bits per heavy atom. The van der Waals surface area contributed by atoms with Crippen molar-refractivity contribution in [1.82, 2.24) is 4.98 Å². The average Bonchev–Trinajstić information content (AvgIpc) is 2.60. The summed E-state index contributed by atoms with van der Waals surface area (Å²) in [5, 5.41) is 12.6. The van der Waals surface area contributed by atoms with E-state index in [4.69, 9.17) is 9.47 Å². The number of fused-ring (bicyclic) bond motifs is 1. The van der Waals surface area contributed by atoms with Gasteiger partial charge < -0.3 is 9.47 Å². The summed E-state index contributed by atoms with van der Waals surface area (Å²) in [6, 6.07) is 11.9. The van der Waals surface area contributed by atoms with Crippen LogP contribution in [0.1, 0.15) is 0 Å². The molecule has 1 heterocycles. The van der Waals surface area contributed by atoms with Crippen LogP contribution in [0.3, 0.4) is 0 Å². The lowest BCUT2D eigenvalue weighted by molar-refractivity contribution is -0.384. The van der Waals surface area contributed by atoms with Gasteiger partial charge in [-0.2, -0.15) is 0 Å². The lowest BCUT2D eigenvalue weighted by Gasteiger charge is -2.11. The Morgan fingerprint density at radius 3 is 2.26 bits per heavy atom. The Morgan fingerprint density at radius 1 is 1.00 bits per heavy atom. The number of nitrogens with zero attached hydrogens (tertiary/aromatic N) is 2. The largest absolute Gasteiger partial charge is 0.493 e. The van der Waals surface area contributed by atoms with Crippen molar-refractivity contribution in [1.29, 1.82) is 0 Å². The summed E-state index contributed by atoms with van der Waals surface area (Å²) in [5.74, 6) is 1.25. The van der Waals surface area contributed by atoms with E-state index < -0.39 is 4.92 Å². The van der Waals surface area contributed by atoms with Crippen LogP contribution in [0, 0.1) is 10.1 Å². The van der Waals surface area contributed by atoms with Gasteiger partial charge >= 0.3 is 0 Å². The van der Waals surface area contributed by atoms with Gasteiger partial charge in [0.1, 0.15) is 0 Å². The molecule has 0 aliphatic rings. The summed E-state index contributed by atoms with van der Waals surface area (Å²) in [7, 11) is 3.16. The van der Waals surface area contributed by atoms with E-state index in [9.17, 15) is 10.1 Å². The fourth-order valence-electron chi connectivity index (χ4n) is 2.47. The standard InChI is InChI=1S/C17H14N2O4/c1-22-15-9-12-7-8-18-17(14(12)10-16(15)23-2)11-3-5-13(6-4-11)19(20)21/h3-10H,1-2H3. The topological polar surface area (TPSA) is 74.5 Å². The van der Waals surface area contributed by atoms with Gasteiger partial charge in [0.2, 0.25) is 0 Å². The molecule has 0 saturated heterocycles. The predicted octanol–water partition coefficient (Wildman–Crippen LogP) is 3.83. The van der Waals surface area contributed by atoms with Crippen LogP contribution in [-0.4, -0.2) is 24.1 Å². The predicted molar refractivity (Wildman–Crippen MR) is 86.9 cm³/mol. The minimum Gasteiger partial charge on any atom is -0.493 e. The first-order valence-electron chi connectivity index (χ1n) is 6.89. The van der Waals surface area contributed by atoms with Crippen molar-refractivity contribution < 1.29 is 14.4 Å². The molecule has 0 N–H and O–H groups in total. The van der Waals surface area contributed by atoms with Crippen LogP contribution >= 0.6 is 0 Å². The highest BCUT2D eigenvalue weighted by Crippen LogP contribution is 2.36. The van der Waals surface area contributed by atoms with Gasteiger partial charge in [-0.15, -0.1) is 0 Å². The van der Waals surface area contributed by atoms with Crippen LogP contribution < -0.4 is 9.47 Å². The molecule has 2 aromatic carbocycles. The third kappa shape index (κ3) is 2.66. The molecule has 3 aromatic rings. The van der Waals surface area contributed by atoms with Crippen LogP contribution in [0.5, 0.6) is 11.5 Å². The molecule has 116 valence electrons. The Kier molecular flexibility index (Phi) is 3.80. The number of hydrogen-bond donors (Lipinski definition) is 0. The highest BCUT2D eigenvalue weighted by Gasteiger charge is 2.12. The minimum atomic E-state index is -0.422. The normalized spacial score (nSPS) is 10.5. The Bertz CT molecular complexity index is 876. The second-order valence-corrected chi connectivity index (χ2v) is 4.89. The van der Waals surface area contributed by atoms with E-state index in [1.165, 1.54) is 12.1 Å². The van der Waals surface area contributed by atoms with Crippen molar-refractivity contribution in [2.75, 3.05) is 14.2 Å². The number of non-ortho nitro benzene ring substituents is 1. The fraction of sp³-hybridized carbons (Fsp3) is 0.118. The molecule has 0 aliphatic heterocycles. The molecular formula is C17H14N2O4. The zero-order valence-electron chi connectivity index (χ0n) is 12.6. The van der Waals surface area contributed by atoms with E-state index in [0.717, 1.165) is 22.0 Å². The molecule has 0 aliphatic carbocycles. The summed E-state index contributed by atoms with van der Waals surface area (Å²) in [6.07, 6.45) is 1.70. The van der Waals surface area contributed by atoms with Gasteiger partial charge in [0.25, 0.3) is 5.69 Å². The zero-order chi connectivity index (χ0) is 16.4. The number of rotatable bonds is 4. The molecule has 0 atom stereocenters. The smallest absolute Gasteiger partial charge is 0.269 e. The van der Waals surface area contributed by atoms with Gasteiger partial charge in [0.15, 0.2) is 11.5 Å². The fourth-order valence-corrected chi connectivity index (χ4v) is 2.47. The van der Waals surface area contributed by atoms with Crippen LogP contribution in [0.4, 0.5) is 5.69 Å². The minimum absolute atomic E-state index is 0.0493. The van der Waals surface area contributed by atoms with Crippen LogP contribution in [0.25, 0.3) is 22.0 Å². The molecule has 0 fully saturated rings. The summed E-state index contributed by atoms with van der Waals surface area (Å²) in [5.41, 5.74) is 1.58. The number of pyridine rings is 1. The van der Waals surface area contributed by atoms with E-state index in [1.807, 2.05) is 18.2 Å². The van der Waals surface area contributed by atoms with Crippen molar-refractivity contribution in [2.24, 2.45) is 0 Å². The van der Waals surface area contributed by atoms with Gasteiger partial charge in [-0.1, -0.05) is 0 Å². The summed E-state index contributed by atoms with van der Waals surface area (Å²) in [4.78, 5) is 14.8. The Hall–Kier alpha value is -3.15. The van der Waals surface area contributed by atoms with Gasteiger partial charge in [0.05, 0.1) is 24.8 Å². The number of nitro benzene ring substituents is 1. The van der Waals surface area contributed by atoms with E-state index in [-0.39, 0.29) is 5.69 Å². The molecule has 6 heteroatoms. The lowest BCUT2D eigenvalue weighted by atomic mass is 10.0. The van der Waals surface area contributed by atoms with Crippen LogP contribution in [0.15, 0.2) is 48.7 Å². The van der Waals surface area contributed by atoms with E-state index >= 15 is 0 Å². The molecule has 0 saturated carbocycles. The Labute approximate surface area is 132 Å². The maximum Gasteiger partial charge on any atom is 0.269 e. The second kappa shape index (κ2) is 5.92. The molecule has 0 bridgehead atoms. The van der Waals surface area contributed by atoms with Crippen molar-refractivity contribution >= 4 is 16.5 Å². The first-order chi connectivity index (χ1) is 11.1. The summed E-state index contributed by atoms with van der Waals surface area (Å²) >= 11 is 0. The van der Waals surface area contributed by atoms with Gasteiger partial charge in [-0.25, -0.2) is 0 Å². The van der Waals surface area contributed by atoms with E-state index in [2.05, 4.69) is 4.98 Å². The summed E-state index contributed by atoms with van der Waals surface area (Å²) in [6.45, 7) is 0.